The molecule has 1 fully saturated rings. The highest BCUT2D eigenvalue weighted by Gasteiger charge is 2.20. The molecule has 0 unspecified atom stereocenters. The predicted molar refractivity (Wildman–Crippen MR) is 111 cm³/mol. The van der Waals surface area contributed by atoms with Crippen molar-refractivity contribution in [3.8, 4) is 11.1 Å². The molecule has 5 nitrogen and oxygen atoms in total. The van der Waals surface area contributed by atoms with Gasteiger partial charge in [0.2, 0.25) is 0 Å². The minimum Gasteiger partial charge on any atom is -0.381 e. The first-order chi connectivity index (χ1) is 13.7. The van der Waals surface area contributed by atoms with E-state index in [1.54, 1.807) is 6.07 Å². The summed E-state index contributed by atoms with van der Waals surface area (Å²) in [5.74, 6) is 0. The summed E-state index contributed by atoms with van der Waals surface area (Å²) in [6, 6.07) is 14.0. The van der Waals surface area contributed by atoms with Crippen molar-refractivity contribution in [3.63, 3.8) is 0 Å². The Morgan fingerprint density at radius 1 is 0.964 bits per heavy atom. The molecule has 0 bridgehead atoms. The van der Waals surface area contributed by atoms with E-state index >= 15 is 0 Å². The first-order valence-corrected chi connectivity index (χ1v) is 9.65. The smallest absolute Gasteiger partial charge is 0.251 e. The highest BCUT2D eigenvalue weighted by Crippen LogP contribution is 2.31. The third-order valence-corrected chi connectivity index (χ3v) is 5.55. The molecule has 0 atom stereocenters. The summed E-state index contributed by atoms with van der Waals surface area (Å²) >= 11 is 0. The molecule has 1 saturated heterocycles. The zero-order chi connectivity index (χ0) is 19.1. The van der Waals surface area contributed by atoms with E-state index in [-0.39, 0.29) is 11.6 Å². The van der Waals surface area contributed by atoms with Gasteiger partial charge in [0.25, 0.3) is 5.56 Å². The van der Waals surface area contributed by atoms with Crippen LogP contribution in [0, 0.1) is 6.92 Å². The van der Waals surface area contributed by atoms with Crippen LogP contribution in [-0.2, 0) is 4.74 Å². The SMILES string of the molecule is Cc1ccc(-c2ccc3ncc4ccc(=O)n(C5CCOCC5)c4c3c2)cn1. The Kier molecular flexibility index (Phi) is 4.17. The molecule has 0 amide bonds. The van der Waals surface area contributed by atoms with E-state index in [2.05, 4.69) is 28.2 Å². The van der Waals surface area contributed by atoms with Gasteiger partial charge in [-0.05, 0) is 49.6 Å². The third-order valence-electron chi connectivity index (χ3n) is 5.55. The number of ether oxygens (including phenoxy) is 1. The van der Waals surface area contributed by atoms with Crippen molar-refractivity contribution in [2.24, 2.45) is 0 Å². The summed E-state index contributed by atoms with van der Waals surface area (Å²) in [6.07, 6.45) is 5.45. The minimum atomic E-state index is 0.0364. The largest absolute Gasteiger partial charge is 0.381 e. The maximum absolute atomic E-state index is 12.9. The molecule has 0 aliphatic carbocycles. The molecule has 3 aromatic heterocycles. The Morgan fingerprint density at radius 3 is 2.57 bits per heavy atom. The number of fused-ring (bicyclic) bond motifs is 3. The van der Waals surface area contributed by atoms with Gasteiger partial charge in [0.15, 0.2) is 0 Å². The molecule has 4 aromatic rings. The number of hydrogen-bond acceptors (Lipinski definition) is 4. The molecular formula is C23H21N3O2. The van der Waals surface area contributed by atoms with Gasteiger partial charge in [0.1, 0.15) is 0 Å². The third kappa shape index (κ3) is 2.88. The predicted octanol–water partition coefficient (Wildman–Crippen LogP) is 4.27. The quantitative estimate of drug-likeness (QED) is 0.494. The number of aryl methyl sites for hydroxylation is 1. The zero-order valence-corrected chi connectivity index (χ0v) is 15.8. The molecule has 0 saturated carbocycles. The van der Waals surface area contributed by atoms with Crippen molar-refractivity contribution in [1.29, 1.82) is 0 Å². The van der Waals surface area contributed by atoms with E-state index < -0.39 is 0 Å². The number of hydrogen-bond donors (Lipinski definition) is 0. The van der Waals surface area contributed by atoms with Crippen LogP contribution in [-0.4, -0.2) is 27.7 Å². The van der Waals surface area contributed by atoms with Crippen LogP contribution < -0.4 is 5.56 Å². The highest BCUT2D eigenvalue weighted by molar-refractivity contribution is 6.04. The zero-order valence-electron chi connectivity index (χ0n) is 15.8. The van der Waals surface area contributed by atoms with Crippen molar-refractivity contribution in [2.45, 2.75) is 25.8 Å². The van der Waals surface area contributed by atoms with E-state index in [9.17, 15) is 4.79 Å². The normalized spacial score (nSPS) is 15.3. The second-order valence-electron chi connectivity index (χ2n) is 7.37. The lowest BCUT2D eigenvalue weighted by molar-refractivity contribution is 0.0699. The van der Waals surface area contributed by atoms with Gasteiger partial charge in [0, 0.05) is 59.7 Å². The second kappa shape index (κ2) is 6.84. The Hall–Kier alpha value is -3.05. The molecule has 1 aromatic carbocycles. The minimum absolute atomic E-state index is 0.0364. The Balaban J connectivity index is 1.79. The number of pyridine rings is 3. The van der Waals surface area contributed by atoms with Crippen LogP contribution >= 0.6 is 0 Å². The highest BCUT2D eigenvalue weighted by atomic mass is 16.5. The fourth-order valence-corrected chi connectivity index (χ4v) is 4.06. The standard InChI is InChI=1S/C23H21N3O2/c1-15-2-3-17(13-24-15)16-4-6-21-20(12-16)23-18(14-25-21)5-7-22(27)26(23)19-8-10-28-11-9-19/h2-7,12-14,19H,8-11H2,1H3. The molecule has 140 valence electrons. The van der Waals surface area contributed by atoms with Crippen LogP contribution in [0.5, 0.6) is 0 Å². The summed E-state index contributed by atoms with van der Waals surface area (Å²) < 4.78 is 7.47. The molecule has 4 heterocycles. The number of aromatic nitrogens is 3. The number of rotatable bonds is 2. The fourth-order valence-electron chi connectivity index (χ4n) is 4.06. The lowest BCUT2D eigenvalue weighted by Gasteiger charge is -2.26. The van der Waals surface area contributed by atoms with Crippen LogP contribution in [0.1, 0.15) is 24.6 Å². The van der Waals surface area contributed by atoms with Gasteiger partial charge in [-0.2, -0.15) is 0 Å². The summed E-state index contributed by atoms with van der Waals surface area (Å²) in [7, 11) is 0. The lowest BCUT2D eigenvalue weighted by Crippen LogP contribution is -2.29. The molecule has 28 heavy (non-hydrogen) atoms. The maximum Gasteiger partial charge on any atom is 0.251 e. The van der Waals surface area contributed by atoms with Gasteiger partial charge >= 0.3 is 0 Å². The number of nitrogens with zero attached hydrogens (tertiary/aromatic N) is 3. The molecule has 0 N–H and O–H groups in total. The van der Waals surface area contributed by atoms with Gasteiger partial charge < -0.3 is 9.30 Å². The molecule has 5 rings (SSSR count). The van der Waals surface area contributed by atoms with Gasteiger partial charge in [0.05, 0.1) is 11.0 Å². The monoisotopic (exact) mass is 371 g/mol. The van der Waals surface area contributed by atoms with Crippen molar-refractivity contribution in [2.75, 3.05) is 13.2 Å². The van der Waals surface area contributed by atoms with Gasteiger partial charge in [-0.3, -0.25) is 14.8 Å². The Morgan fingerprint density at radius 2 is 1.79 bits per heavy atom. The maximum atomic E-state index is 12.9. The fraction of sp³-hybridized carbons (Fsp3) is 0.261. The van der Waals surface area contributed by atoms with Crippen molar-refractivity contribution in [3.05, 3.63) is 70.9 Å². The van der Waals surface area contributed by atoms with Crippen LogP contribution in [0.25, 0.3) is 32.9 Å². The first kappa shape index (κ1) is 17.1. The summed E-state index contributed by atoms with van der Waals surface area (Å²) in [5, 5.41) is 1.98. The molecular weight excluding hydrogens is 350 g/mol. The average molecular weight is 371 g/mol. The van der Waals surface area contributed by atoms with Crippen LogP contribution in [0.15, 0.2) is 59.7 Å². The molecule has 1 aliphatic rings. The summed E-state index contributed by atoms with van der Waals surface area (Å²) in [4.78, 5) is 21.9. The van der Waals surface area contributed by atoms with E-state index in [0.29, 0.717) is 13.2 Å². The molecule has 0 spiro atoms. The molecule has 5 heteroatoms. The summed E-state index contributed by atoms with van der Waals surface area (Å²) in [6.45, 7) is 3.36. The average Bonchev–Trinajstić information content (AvgIpc) is 2.74. The Bertz CT molecular complexity index is 1220. The van der Waals surface area contributed by atoms with E-state index in [0.717, 1.165) is 51.5 Å². The van der Waals surface area contributed by atoms with E-state index in [1.807, 2.05) is 42.1 Å². The number of benzene rings is 1. The van der Waals surface area contributed by atoms with Crippen molar-refractivity contribution in [1.82, 2.24) is 14.5 Å². The van der Waals surface area contributed by atoms with E-state index in [1.165, 1.54) is 0 Å². The Labute approximate surface area is 162 Å². The van der Waals surface area contributed by atoms with Crippen molar-refractivity contribution >= 4 is 21.8 Å². The van der Waals surface area contributed by atoms with Crippen LogP contribution in [0.2, 0.25) is 0 Å². The van der Waals surface area contributed by atoms with E-state index in [4.69, 9.17) is 4.74 Å². The van der Waals surface area contributed by atoms with Gasteiger partial charge in [-0.1, -0.05) is 12.1 Å². The van der Waals surface area contributed by atoms with Crippen LogP contribution in [0.3, 0.4) is 0 Å². The molecule has 1 aliphatic heterocycles. The van der Waals surface area contributed by atoms with Gasteiger partial charge in [-0.25, -0.2) is 0 Å². The van der Waals surface area contributed by atoms with Gasteiger partial charge in [-0.15, -0.1) is 0 Å². The second-order valence-corrected chi connectivity index (χ2v) is 7.37. The lowest BCUT2D eigenvalue weighted by atomic mass is 10.0. The van der Waals surface area contributed by atoms with Crippen LogP contribution in [0.4, 0.5) is 0 Å². The topological polar surface area (TPSA) is 57.0 Å². The summed E-state index contributed by atoms with van der Waals surface area (Å²) in [5.41, 5.74) is 5.01. The van der Waals surface area contributed by atoms with Crippen molar-refractivity contribution < 1.29 is 4.74 Å². The molecule has 0 radical (unpaired) electrons. The first-order valence-electron chi connectivity index (χ1n) is 9.65.